The molecule has 1 aromatic carbocycles. The topological polar surface area (TPSA) is 87.2 Å². The Bertz CT molecular complexity index is 1270. The Morgan fingerprint density at radius 3 is 2.66 bits per heavy atom. The summed E-state index contributed by atoms with van der Waals surface area (Å²) >= 11 is 6.74. The smallest absolute Gasteiger partial charge is 0.275 e. The Hall–Kier alpha value is -3.27. The summed E-state index contributed by atoms with van der Waals surface area (Å²) in [5.74, 6) is 0.718. The molecule has 2 N–H and O–H groups in total. The monoisotopic (exact) mass is 503 g/mol. The highest BCUT2D eigenvalue weighted by Crippen LogP contribution is 2.39. The van der Waals surface area contributed by atoms with Crippen LogP contribution < -0.4 is 15.5 Å². The first-order chi connectivity index (χ1) is 17.0. The Morgan fingerprint density at radius 1 is 1.26 bits per heavy atom. The van der Waals surface area contributed by atoms with Crippen LogP contribution >= 0.6 is 11.6 Å². The molecule has 2 saturated heterocycles. The van der Waals surface area contributed by atoms with Crippen LogP contribution in [0.4, 0.5) is 37.7 Å². The van der Waals surface area contributed by atoms with E-state index in [2.05, 4.69) is 35.4 Å². The molecule has 0 amide bonds. The normalized spacial score (nSPS) is 17.0. The number of piperazine rings is 1. The van der Waals surface area contributed by atoms with Crippen molar-refractivity contribution in [3.05, 3.63) is 40.3 Å². The van der Waals surface area contributed by atoms with Crippen molar-refractivity contribution >= 4 is 46.2 Å². The van der Waals surface area contributed by atoms with Crippen molar-refractivity contribution in [2.75, 3.05) is 61.5 Å². The van der Waals surface area contributed by atoms with Gasteiger partial charge in [0.2, 0.25) is 0 Å². The van der Waals surface area contributed by atoms with E-state index in [1.165, 1.54) is 22.8 Å². The van der Waals surface area contributed by atoms with Crippen LogP contribution in [0, 0.1) is 6.57 Å². The van der Waals surface area contributed by atoms with Gasteiger partial charge in [0, 0.05) is 38.3 Å². The molecule has 2 aliphatic heterocycles. The Labute approximate surface area is 205 Å². The highest BCUT2D eigenvalue weighted by atomic mass is 35.5. The van der Waals surface area contributed by atoms with Crippen LogP contribution in [0.1, 0.15) is 18.9 Å². The van der Waals surface area contributed by atoms with Gasteiger partial charge in [0.25, 0.3) is 23.8 Å². The fraction of sp³-hybridized carbons (Fsp3) is 0.455. The number of alkyl halides is 2. The molecule has 3 aromatic rings. The average Bonchev–Trinajstić information content (AvgIpc) is 3.23. The van der Waals surface area contributed by atoms with Crippen LogP contribution in [0.3, 0.4) is 0 Å². The van der Waals surface area contributed by atoms with E-state index < -0.39 is 6.43 Å². The number of halogens is 3. The minimum atomic E-state index is -2.68. The number of anilines is 4. The van der Waals surface area contributed by atoms with E-state index in [4.69, 9.17) is 22.9 Å². The van der Waals surface area contributed by atoms with E-state index in [1.807, 2.05) is 11.8 Å². The first-order valence-electron chi connectivity index (χ1n) is 11.3. The summed E-state index contributed by atoms with van der Waals surface area (Å²) in [6.07, 6.45) is -1.28. The fourth-order valence-corrected chi connectivity index (χ4v) is 4.52. The lowest BCUT2D eigenvalue weighted by Gasteiger charge is -2.43. The van der Waals surface area contributed by atoms with Crippen LogP contribution in [0.15, 0.2) is 18.3 Å². The molecule has 2 aliphatic rings. The summed E-state index contributed by atoms with van der Waals surface area (Å²) in [6, 6.07) is 3.18. The summed E-state index contributed by atoms with van der Waals surface area (Å²) in [6.45, 7) is 14.2. The number of rotatable bonds is 7. The lowest BCUT2D eigenvalue weighted by molar-refractivity contribution is -0.0660. The number of nitrogens with one attached hydrogen (secondary N) is 2. The van der Waals surface area contributed by atoms with Crippen molar-refractivity contribution in [2.45, 2.75) is 19.4 Å². The van der Waals surface area contributed by atoms with E-state index in [1.54, 1.807) is 0 Å². The van der Waals surface area contributed by atoms with E-state index >= 15 is 0 Å². The molecule has 0 atom stereocenters. The molecule has 0 aliphatic carbocycles. The number of benzene rings is 1. The second-order valence-corrected chi connectivity index (χ2v) is 8.70. The number of hydrogen-bond donors (Lipinski definition) is 2. The number of nitrogens with zero attached hydrogens (tertiary/aromatic N) is 7. The molecule has 0 bridgehead atoms. The minimum Gasteiger partial charge on any atom is -0.378 e. The standard InChI is InChI=1S/C22H24ClF2N9O/c1-3-27-20-21-28-10-17(26-2)34(21)31-22(30-20)29-15-8-13(19(24)25)9-16(18(15)23)33-6-4-32(5-7-33)14-11-35-12-14/h8-10,14,19H,3-7,11-12H2,1H3,(H2,27,29,30,31). The summed E-state index contributed by atoms with van der Waals surface area (Å²) in [5, 5.41) is 10.7. The first kappa shape index (κ1) is 23.5. The zero-order valence-electron chi connectivity index (χ0n) is 19.0. The molecule has 13 heteroatoms. The summed E-state index contributed by atoms with van der Waals surface area (Å²) in [5.41, 5.74) is 1.04. The van der Waals surface area contributed by atoms with E-state index in [0.717, 1.165) is 26.3 Å². The summed E-state index contributed by atoms with van der Waals surface area (Å²) in [7, 11) is 0. The number of ether oxygens (including phenoxy) is 1. The highest BCUT2D eigenvalue weighted by Gasteiger charge is 2.30. The van der Waals surface area contributed by atoms with Gasteiger partial charge in [-0.2, -0.15) is 4.98 Å². The van der Waals surface area contributed by atoms with Crippen molar-refractivity contribution in [3.8, 4) is 0 Å². The third-order valence-electron chi connectivity index (χ3n) is 6.17. The van der Waals surface area contributed by atoms with Gasteiger partial charge in [-0.05, 0) is 19.1 Å². The Kier molecular flexibility index (Phi) is 6.55. The second-order valence-electron chi connectivity index (χ2n) is 8.32. The molecule has 0 unspecified atom stereocenters. The SMILES string of the molecule is [C-]#[N+]c1cnc2c(NCC)nc(Nc3cc(C(F)F)cc(N4CCN(C5COC5)CC4)c3Cl)nn12. The predicted octanol–water partition coefficient (Wildman–Crippen LogP) is 3.96. The van der Waals surface area contributed by atoms with Crippen molar-refractivity contribution in [3.63, 3.8) is 0 Å². The van der Waals surface area contributed by atoms with Crippen LogP contribution in [-0.2, 0) is 4.74 Å². The largest absolute Gasteiger partial charge is 0.378 e. The second kappa shape index (κ2) is 9.77. The van der Waals surface area contributed by atoms with Gasteiger partial charge in [0.05, 0.1) is 41.8 Å². The maximum Gasteiger partial charge on any atom is 0.275 e. The third-order valence-corrected chi connectivity index (χ3v) is 6.57. The van der Waals surface area contributed by atoms with Crippen molar-refractivity contribution in [2.24, 2.45) is 0 Å². The zero-order valence-corrected chi connectivity index (χ0v) is 19.8. The van der Waals surface area contributed by atoms with Crippen molar-refractivity contribution < 1.29 is 13.5 Å². The molecule has 2 aromatic heterocycles. The Morgan fingerprint density at radius 2 is 2.03 bits per heavy atom. The zero-order chi connectivity index (χ0) is 24.5. The van der Waals surface area contributed by atoms with Crippen molar-refractivity contribution in [1.29, 1.82) is 0 Å². The van der Waals surface area contributed by atoms with Gasteiger partial charge in [-0.3, -0.25) is 4.90 Å². The molecule has 0 radical (unpaired) electrons. The Balaban J connectivity index is 1.47. The number of aromatic nitrogens is 4. The van der Waals surface area contributed by atoms with Crippen molar-refractivity contribution in [1.82, 2.24) is 24.5 Å². The fourth-order valence-electron chi connectivity index (χ4n) is 4.25. The van der Waals surface area contributed by atoms with Gasteiger partial charge in [-0.15, -0.1) is 4.52 Å². The van der Waals surface area contributed by atoms with E-state index in [9.17, 15) is 8.78 Å². The molecule has 5 rings (SSSR count). The van der Waals surface area contributed by atoms with Gasteiger partial charge in [-0.1, -0.05) is 23.3 Å². The van der Waals surface area contributed by atoms with Crippen LogP contribution in [0.5, 0.6) is 0 Å². The number of fused-ring (bicyclic) bond motifs is 1. The maximum absolute atomic E-state index is 13.8. The van der Waals surface area contributed by atoms with E-state index in [-0.39, 0.29) is 23.0 Å². The number of imidazole rings is 1. The summed E-state index contributed by atoms with van der Waals surface area (Å²) < 4.78 is 34.3. The lowest BCUT2D eigenvalue weighted by atomic mass is 10.1. The number of hydrogen-bond acceptors (Lipinski definition) is 8. The molecule has 4 heterocycles. The van der Waals surface area contributed by atoms with Gasteiger partial charge in [0.1, 0.15) is 0 Å². The molecule has 2 fully saturated rings. The molecule has 0 saturated carbocycles. The average molecular weight is 504 g/mol. The first-order valence-corrected chi connectivity index (χ1v) is 11.7. The maximum atomic E-state index is 13.8. The molecular formula is C22H24ClF2N9O. The quantitative estimate of drug-likeness (QED) is 0.468. The van der Waals surface area contributed by atoms with E-state index in [0.29, 0.717) is 47.9 Å². The third kappa shape index (κ3) is 4.54. The van der Waals surface area contributed by atoms with Crippen LogP contribution in [0.25, 0.3) is 10.5 Å². The van der Waals surface area contributed by atoms with Gasteiger partial charge in [0.15, 0.2) is 5.82 Å². The highest BCUT2D eigenvalue weighted by molar-refractivity contribution is 6.36. The molecule has 35 heavy (non-hydrogen) atoms. The predicted molar refractivity (Wildman–Crippen MR) is 129 cm³/mol. The lowest BCUT2D eigenvalue weighted by Crippen LogP contribution is -2.56. The molecule has 0 spiro atoms. The molecule has 10 nitrogen and oxygen atoms in total. The van der Waals surface area contributed by atoms with Gasteiger partial charge >= 0.3 is 0 Å². The van der Waals surface area contributed by atoms with Crippen LogP contribution in [-0.4, -0.2) is 76.5 Å². The minimum absolute atomic E-state index is 0.102. The summed E-state index contributed by atoms with van der Waals surface area (Å²) in [4.78, 5) is 16.5. The molecule has 184 valence electrons. The van der Waals surface area contributed by atoms with Gasteiger partial charge in [-0.25, -0.2) is 13.8 Å². The molecular weight excluding hydrogens is 480 g/mol. The van der Waals surface area contributed by atoms with Gasteiger partial charge < -0.3 is 25.1 Å². The van der Waals surface area contributed by atoms with Crippen LogP contribution in [0.2, 0.25) is 5.02 Å².